The number of hydrogen-bond donors (Lipinski definition) is 1. The van der Waals surface area contributed by atoms with Crippen molar-refractivity contribution in [3.8, 4) is 5.75 Å². The van der Waals surface area contributed by atoms with Crippen LogP contribution in [0.2, 0.25) is 0 Å². The molecule has 6 heteroatoms. The zero-order valence-electron chi connectivity index (χ0n) is 13.6. The molecule has 1 amide bonds. The van der Waals surface area contributed by atoms with Crippen LogP contribution < -0.4 is 10.5 Å². The zero-order valence-corrected chi connectivity index (χ0v) is 13.6. The normalized spacial score (nSPS) is 10.6. The number of nitrogens with two attached hydrogens (primary N) is 1. The zero-order chi connectivity index (χ0) is 17.5. The van der Waals surface area contributed by atoms with Crippen LogP contribution in [0.3, 0.4) is 0 Å². The molecule has 25 heavy (non-hydrogen) atoms. The van der Waals surface area contributed by atoms with Gasteiger partial charge in [-0.05, 0) is 24.5 Å². The lowest BCUT2D eigenvalue weighted by atomic mass is 10.1. The first-order valence-corrected chi connectivity index (χ1v) is 7.95. The van der Waals surface area contributed by atoms with Crippen molar-refractivity contribution < 1.29 is 14.1 Å². The SMILES string of the molecule is NC(=O)Oc1ccccc1Cc1noc([CH]CCc2ccccc2)n1. The van der Waals surface area contributed by atoms with Crippen molar-refractivity contribution in [2.75, 3.05) is 0 Å². The summed E-state index contributed by atoms with van der Waals surface area (Å²) in [6, 6.07) is 17.3. The Labute approximate surface area is 145 Å². The third-order valence-corrected chi connectivity index (χ3v) is 3.61. The first-order chi connectivity index (χ1) is 12.2. The van der Waals surface area contributed by atoms with E-state index in [1.807, 2.05) is 36.8 Å². The number of carbonyl (C=O) groups is 1. The summed E-state index contributed by atoms with van der Waals surface area (Å²) in [7, 11) is 0. The van der Waals surface area contributed by atoms with Gasteiger partial charge >= 0.3 is 6.09 Å². The third kappa shape index (κ3) is 4.91. The van der Waals surface area contributed by atoms with Crippen LogP contribution in [0.1, 0.15) is 29.3 Å². The molecule has 2 N–H and O–H groups in total. The molecule has 1 aromatic heterocycles. The molecule has 0 atom stereocenters. The van der Waals surface area contributed by atoms with Gasteiger partial charge in [-0.1, -0.05) is 53.7 Å². The van der Waals surface area contributed by atoms with Gasteiger partial charge in [0.1, 0.15) is 5.75 Å². The first kappa shape index (κ1) is 16.7. The van der Waals surface area contributed by atoms with Gasteiger partial charge in [-0.2, -0.15) is 4.98 Å². The van der Waals surface area contributed by atoms with Crippen LogP contribution in [-0.4, -0.2) is 16.2 Å². The maximum atomic E-state index is 11.0. The largest absolute Gasteiger partial charge is 0.410 e. The highest BCUT2D eigenvalue weighted by Crippen LogP contribution is 2.21. The van der Waals surface area contributed by atoms with Crippen molar-refractivity contribution in [2.24, 2.45) is 5.73 Å². The van der Waals surface area contributed by atoms with E-state index in [0.29, 0.717) is 23.9 Å². The Morgan fingerprint density at radius 3 is 2.68 bits per heavy atom. The van der Waals surface area contributed by atoms with E-state index in [1.165, 1.54) is 5.56 Å². The lowest BCUT2D eigenvalue weighted by molar-refractivity contribution is 0.210. The van der Waals surface area contributed by atoms with Gasteiger partial charge < -0.3 is 15.0 Å². The smallest absolute Gasteiger partial charge is 0.409 e. The number of amides is 1. The summed E-state index contributed by atoms with van der Waals surface area (Å²) in [6.07, 6.45) is 3.17. The van der Waals surface area contributed by atoms with Crippen molar-refractivity contribution in [2.45, 2.75) is 19.3 Å². The maximum Gasteiger partial charge on any atom is 0.409 e. The Balaban J connectivity index is 1.58. The van der Waals surface area contributed by atoms with E-state index in [4.69, 9.17) is 15.0 Å². The molecule has 6 nitrogen and oxygen atoms in total. The summed E-state index contributed by atoms with van der Waals surface area (Å²) in [5, 5.41) is 3.97. The molecule has 0 fully saturated rings. The lowest BCUT2D eigenvalue weighted by Crippen LogP contribution is -2.17. The molecule has 3 aromatic rings. The second kappa shape index (κ2) is 8.10. The molecule has 0 spiro atoms. The number of aromatic nitrogens is 2. The average molecular weight is 336 g/mol. The van der Waals surface area contributed by atoms with E-state index >= 15 is 0 Å². The molecule has 2 aromatic carbocycles. The van der Waals surface area contributed by atoms with Crippen molar-refractivity contribution in [3.05, 3.63) is 83.9 Å². The van der Waals surface area contributed by atoms with Crippen LogP contribution in [0.4, 0.5) is 4.79 Å². The lowest BCUT2D eigenvalue weighted by Gasteiger charge is -2.05. The third-order valence-electron chi connectivity index (χ3n) is 3.61. The number of para-hydroxylation sites is 1. The number of benzene rings is 2. The topological polar surface area (TPSA) is 91.2 Å². The predicted molar refractivity (Wildman–Crippen MR) is 91.9 cm³/mol. The minimum atomic E-state index is -0.851. The first-order valence-electron chi connectivity index (χ1n) is 7.95. The average Bonchev–Trinajstić information content (AvgIpc) is 3.05. The summed E-state index contributed by atoms with van der Waals surface area (Å²) in [5.74, 6) is 1.40. The summed E-state index contributed by atoms with van der Waals surface area (Å²) in [4.78, 5) is 15.3. The van der Waals surface area contributed by atoms with Crippen LogP contribution in [0.25, 0.3) is 0 Å². The van der Waals surface area contributed by atoms with Gasteiger partial charge in [0.15, 0.2) is 5.82 Å². The Hall–Kier alpha value is -3.15. The molecular weight excluding hydrogens is 318 g/mol. The minimum Gasteiger partial charge on any atom is -0.410 e. The molecule has 0 aliphatic carbocycles. The fourth-order valence-electron chi connectivity index (χ4n) is 2.46. The Morgan fingerprint density at radius 1 is 1.12 bits per heavy atom. The van der Waals surface area contributed by atoms with Gasteiger partial charge in [0, 0.05) is 12.0 Å². The summed E-state index contributed by atoms with van der Waals surface area (Å²) in [5.41, 5.74) is 7.10. The number of rotatable bonds is 7. The van der Waals surface area contributed by atoms with Gasteiger partial charge in [-0.3, -0.25) is 0 Å². The van der Waals surface area contributed by atoms with E-state index in [9.17, 15) is 4.79 Å². The van der Waals surface area contributed by atoms with E-state index in [1.54, 1.807) is 12.1 Å². The van der Waals surface area contributed by atoms with Crippen molar-refractivity contribution in [3.63, 3.8) is 0 Å². The van der Waals surface area contributed by atoms with Crippen molar-refractivity contribution >= 4 is 6.09 Å². The van der Waals surface area contributed by atoms with Gasteiger partial charge in [-0.25, -0.2) is 4.79 Å². The molecule has 0 saturated heterocycles. The molecule has 127 valence electrons. The van der Waals surface area contributed by atoms with Gasteiger partial charge in [0.25, 0.3) is 0 Å². The molecule has 1 heterocycles. The highest BCUT2D eigenvalue weighted by atomic mass is 16.5. The summed E-state index contributed by atoms with van der Waals surface area (Å²) >= 11 is 0. The quantitative estimate of drug-likeness (QED) is 0.715. The number of aryl methyl sites for hydroxylation is 1. The maximum absolute atomic E-state index is 11.0. The molecule has 0 unspecified atom stereocenters. The second-order valence-corrected chi connectivity index (χ2v) is 5.48. The van der Waals surface area contributed by atoms with Gasteiger partial charge in [0.2, 0.25) is 5.89 Å². The Bertz CT molecular complexity index is 831. The van der Waals surface area contributed by atoms with Crippen molar-refractivity contribution in [1.29, 1.82) is 0 Å². The van der Waals surface area contributed by atoms with E-state index in [2.05, 4.69) is 22.3 Å². The molecule has 1 radical (unpaired) electrons. The van der Waals surface area contributed by atoms with Crippen LogP contribution in [0.15, 0.2) is 59.1 Å². The molecule has 0 aliphatic heterocycles. The number of ether oxygens (including phenoxy) is 1. The number of hydrogen-bond acceptors (Lipinski definition) is 5. The Kier molecular flexibility index (Phi) is 5.41. The second-order valence-electron chi connectivity index (χ2n) is 5.48. The van der Waals surface area contributed by atoms with Crippen LogP contribution in [0, 0.1) is 6.42 Å². The molecule has 3 rings (SSSR count). The standard InChI is InChI=1S/C19H18N3O3/c20-19(23)24-16-11-5-4-10-15(16)13-17-21-18(25-22-17)12-6-9-14-7-2-1-3-8-14/h1-5,7-8,10-12H,6,9,13H2,(H2,20,23). The summed E-state index contributed by atoms with van der Waals surface area (Å²) in [6.45, 7) is 0. The molecular formula is C19H18N3O3. The van der Waals surface area contributed by atoms with E-state index in [0.717, 1.165) is 18.4 Å². The highest BCUT2D eigenvalue weighted by molar-refractivity contribution is 5.68. The van der Waals surface area contributed by atoms with Crippen LogP contribution in [0.5, 0.6) is 5.75 Å². The van der Waals surface area contributed by atoms with Crippen LogP contribution >= 0.6 is 0 Å². The monoisotopic (exact) mass is 336 g/mol. The number of carbonyl (C=O) groups excluding carboxylic acids is 1. The van der Waals surface area contributed by atoms with Crippen LogP contribution in [-0.2, 0) is 12.8 Å². The predicted octanol–water partition coefficient (Wildman–Crippen LogP) is 3.30. The molecule has 0 bridgehead atoms. The van der Waals surface area contributed by atoms with E-state index < -0.39 is 6.09 Å². The van der Waals surface area contributed by atoms with E-state index in [-0.39, 0.29) is 0 Å². The molecule has 0 saturated carbocycles. The molecule has 0 aliphatic rings. The fraction of sp³-hybridized carbons (Fsp3) is 0.158. The summed E-state index contributed by atoms with van der Waals surface area (Å²) < 4.78 is 10.2. The Morgan fingerprint density at radius 2 is 1.88 bits per heavy atom. The van der Waals surface area contributed by atoms with Gasteiger partial charge in [0.05, 0.1) is 6.42 Å². The van der Waals surface area contributed by atoms with Gasteiger partial charge in [-0.15, -0.1) is 0 Å². The number of primary amides is 1. The van der Waals surface area contributed by atoms with Crippen molar-refractivity contribution in [1.82, 2.24) is 10.1 Å². The highest BCUT2D eigenvalue weighted by Gasteiger charge is 2.12. The fourth-order valence-corrected chi connectivity index (χ4v) is 2.46. The number of nitrogens with zero attached hydrogens (tertiary/aromatic N) is 2. The minimum absolute atomic E-state index is 0.388.